The molecule has 0 aliphatic rings. The van der Waals surface area contributed by atoms with E-state index in [0.29, 0.717) is 24.8 Å². The molecule has 0 aromatic carbocycles. The molecule has 1 aromatic heterocycles. The van der Waals surface area contributed by atoms with Gasteiger partial charge in [-0.1, -0.05) is 25.1 Å². The van der Waals surface area contributed by atoms with Gasteiger partial charge < -0.3 is 15.7 Å². The molecule has 3 N–H and O–H groups in total. The summed E-state index contributed by atoms with van der Waals surface area (Å²) in [6.45, 7) is 6.70. The van der Waals surface area contributed by atoms with Gasteiger partial charge in [0.2, 0.25) is 5.88 Å². The van der Waals surface area contributed by atoms with Gasteiger partial charge in [-0.05, 0) is 12.0 Å². The normalized spacial score (nSPS) is 12.2. The van der Waals surface area contributed by atoms with E-state index in [-0.39, 0.29) is 5.84 Å². The lowest BCUT2D eigenvalue weighted by molar-refractivity contribution is 0.237. The lowest BCUT2D eigenvalue weighted by Gasteiger charge is -2.23. The number of aromatic nitrogens is 1. The van der Waals surface area contributed by atoms with Crippen LogP contribution in [0.2, 0.25) is 0 Å². The average molecular weight is 280 g/mol. The van der Waals surface area contributed by atoms with Crippen LogP contribution >= 0.6 is 0 Å². The molecular weight excluding hydrogens is 256 g/mol. The van der Waals surface area contributed by atoms with Gasteiger partial charge in [-0.3, -0.25) is 4.90 Å². The van der Waals surface area contributed by atoms with Crippen LogP contribution in [0.15, 0.2) is 23.4 Å². The zero-order valence-electron chi connectivity index (χ0n) is 12.4. The molecule has 6 nitrogen and oxygen atoms in total. The minimum Gasteiger partial charge on any atom is -0.481 e. The van der Waals surface area contributed by atoms with E-state index in [1.54, 1.807) is 7.11 Å². The van der Waals surface area contributed by atoms with Crippen molar-refractivity contribution in [3.63, 3.8) is 0 Å². The molecule has 0 fully saturated rings. The highest BCUT2D eigenvalue weighted by atomic mass is 16.5. The summed E-state index contributed by atoms with van der Waals surface area (Å²) < 4.78 is 5.13. The molecule has 0 unspecified atom stereocenters. The quantitative estimate of drug-likeness (QED) is 0.327. The number of hydrogen-bond donors (Lipinski definition) is 2. The molecule has 1 heterocycles. The van der Waals surface area contributed by atoms with Crippen LogP contribution in [0.5, 0.6) is 5.88 Å². The summed E-state index contributed by atoms with van der Waals surface area (Å²) in [5.41, 5.74) is 6.48. The highest BCUT2D eigenvalue weighted by Crippen LogP contribution is 2.10. The SMILES string of the molecule is COc1cccc(CN(CCC(N)=NO)CC(C)C)n1. The van der Waals surface area contributed by atoms with Crippen molar-refractivity contribution in [2.75, 3.05) is 20.2 Å². The van der Waals surface area contributed by atoms with Crippen LogP contribution in [-0.4, -0.2) is 41.1 Å². The molecule has 0 aliphatic heterocycles. The molecular formula is C14H24N4O2. The van der Waals surface area contributed by atoms with Crippen LogP contribution in [-0.2, 0) is 6.54 Å². The second-order valence-electron chi connectivity index (χ2n) is 5.14. The lowest BCUT2D eigenvalue weighted by atomic mass is 10.2. The smallest absolute Gasteiger partial charge is 0.213 e. The van der Waals surface area contributed by atoms with E-state index in [4.69, 9.17) is 15.7 Å². The first-order chi connectivity index (χ1) is 9.55. The van der Waals surface area contributed by atoms with E-state index in [1.165, 1.54) is 0 Å². The summed E-state index contributed by atoms with van der Waals surface area (Å²) in [6, 6.07) is 5.73. The van der Waals surface area contributed by atoms with Crippen molar-refractivity contribution in [3.8, 4) is 5.88 Å². The molecule has 0 spiro atoms. The molecule has 1 aromatic rings. The first-order valence-corrected chi connectivity index (χ1v) is 6.73. The van der Waals surface area contributed by atoms with Gasteiger partial charge in [0.15, 0.2) is 0 Å². The number of nitrogens with zero attached hydrogens (tertiary/aromatic N) is 3. The van der Waals surface area contributed by atoms with E-state index in [0.717, 1.165) is 18.8 Å². The van der Waals surface area contributed by atoms with Gasteiger partial charge in [-0.2, -0.15) is 0 Å². The number of hydrogen-bond acceptors (Lipinski definition) is 5. The Bertz CT molecular complexity index is 435. The Morgan fingerprint density at radius 1 is 1.50 bits per heavy atom. The van der Waals surface area contributed by atoms with E-state index in [1.807, 2.05) is 18.2 Å². The largest absolute Gasteiger partial charge is 0.481 e. The van der Waals surface area contributed by atoms with E-state index in [9.17, 15) is 0 Å². The monoisotopic (exact) mass is 280 g/mol. The Kier molecular flexibility index (Phi) is 6.79. The van der Waals surface area contributed by atoms with Crippen molar-refractivity contribution in [2.24, 2.45) is 16.8 Å². The van der Waals surface area contributed by atoms with Crippen LogP contribution in [0.25, 0.3) is 0 Å². The van der Waals surface area contributed by atoms with Crippen LogP contribution < -0.4 is 10.5 Å². The predicted octanol–water partition coefficient (Wildman–Crippen LogP) is 1.68. The van der Waals surface area contributed by atoms with Crippen molar-refractivity contribution < 1.29 is 9.94 Å². The number of rotatable bonds is 8. The van der Waals surface area contributed by atoms with E-state index in [2.05, 4.69) is 28.9 Å². The fourth-order valence-electron chi connectivity index (χ4n) is 1.96. The Morgan fingerprint density at radius 3 is 2.85 bits per heavy atom. The van der Waals surface area contributed by atoms with Gasteiger partial charge in [0.25, 0.3) is 0 Å². The summed E-state index contributed by atoms with van der Waals surface area (Å²) in [5, 5.41) is 11.6. The minimum atomic E-state index is 0.248. The summed E-state index contributed by atoms with van der Waals surface area (Å²) in [4.78, 5) is 6.65. The minimum absolute atomic E-state index is 0.248. The van der Waals surface area contributed by atoms with Crippen LogP contribution in [0.3, 0.4) is 0 Å². The summed E-state index contributed by atoms with van der Waals surface area (Å²) in [6.07, 6.45) is 0.535. The van der Waals surface area contributed by atoms with Crippen molar-refractivity contribution in [1.29, 1.82) is 0 Å². The van der Waals surface area contributed by atoms with Crippen LogP contribution in [0.1, 0.15) is 26.0 Å². The number of pyridine rings is 1. The van der Waals surface area contributed by atoms with E-state index >= 15 is 0 Å². The fraction of sp³-hybridized carbons (Fsp3) is 0.571. The molecule has 0 amide bonds. The van der Waals surface area contributed by atoms with Gasteiger partial charge in [0.1, 0.15) is 5.84 Å². The Hall–Kier alpha value is -1.82. The van der Waals surface area contributed by atoms with Crippen molar-refractivity contribution in [1.82, 2.24) is 9.88 Å². The first kappa shape index (κ1) is 16.2. The van der Waals surface area contributed by atoms with Crippen LogP contribution in [0.4, 0.5) is 0 Å². The van der Waals surface area contributed by atoms with Crippen molar-refractivity contribution in [3.05, 3.63) is 23.9 Å². The standard InChI is InChI=1S/C14H24N4O2/c1-11(2)9-18(8-7-13(15)17-19)10-12-5-4-6-14(16-12)20-3/h4-6,11,19H,7-10H2,1-3H3,(H2,15,17). The maximum atomic E-state index is 8.60. The van der Waals surface area contributed by atoms with Gasteiger partial charge in [-0.25, -0.2) is 4.98 Å². The third kappa shape index (κ3) is 5.88. The van der Waals surface area contributed by atoms with Gasteiger partial charge in [0.05, 0.1) is 12.8 Å². The fourth-order valence-corrected chi connectivity index (χ4v) is 1.96. The number of amidine groups is 1. The average Bonchev–Trinajstić information content (AvgIpc) is 2.44. The third-order valence-corrected chi connectivity index (χ3v) is 2.81. The zero-order valence-corrected chi connectivity index (χ0v) is 12.4. The third-order valence-electron chi connectivity index (χ3n) is 2.81. The summed E-state index contributed by atoms with van der Waals surface area (Å²) in [7, 11) is 1.61. The first-order valence-electron chi connectivity index (χ1n) is 6.73. The lowest BCUT2D eigenvalue weighted by Crippen LogP contribution is -2.31. The Labute approximate surface area is 120 Å². The highest BCUT2D eigenvalue weighted by Gasteiger charge is 2.10. The van der Waals surface area contributed by atoms with Gasteiger partial charge in [0, 0.05) is 32.1 Å². The molecule has 0 saturated heterocycles. The molecule has 6 heteroatoms. The maximum absolute atomic E-state index is 8.60. The van der Waals surface area contributed by atoms with Crippen molar-refractivity contribution in [2.45, 2.75) is 26.8 Å². The van der Waals surface area contributed by atoms with Crippen molar-refractivity contribution >= 4 is 5.84 Å². The van der Waals surface area contributed by atoms with Gasteiger partial charge in [-0.15, -0.1) is 0 Å². The van der Waals surface area contributed by atoms with E-state index < -0.39 is 0 Å². The molecule has 0 aliphatic carbocycles. The topological polar surface area (TPSA) is 84.0 Å². The highest BCUT2D eigenvalue weighted by molar-refractivity contribution is 5.79. The van der Waals surface area contributed by atoms with Gasteiger partial charge >= 0.3 is 0 Å². The number of methoxy groups -OCH3 is 1. The zero-order chi connectivity index (χ0) is 15.0. The van der Waals surface area contributed by atoms with Crippen LogP contribution in [0, 0.1) is 5.92 Å². The molecule has 0 radical (unpaired) electrons. The summed E-state index contributed by atoms with van der Waals surface area (Å²) in [5.74, 6) is 1.40. The Morgan fingerprint density at radius 2 is 2.25 bits per heavy atom. The molecule has 0 saturated carbocycles. The maximum Gasteiger partial charge on any atom is 0.213 e. The second kappa shape index (κ2) is 8.37. The molecule has 1 rings (SSSR count). The predicted molar refractivity (Wildman–Crippen MR) is 78.9 cm³/mol. The summed E-state index contributed by atoms with van der Waals surface area (Å²) >= 11 is 0. The molecule has 20 heavy (non-hydrogen) atoms. The number of nitrogens with two attached hydrogens (primary N) is 1. The Balaban J connectivity index is 2.67. The second-order valence-corrected chi connectivity index (χ2v) is 5.14. The molecule has 112 valence electrons. The number of oxime groups is 1. The molecule has 0 atom stereocenters. The molecule has 0 bridgehead atoms. The number of ether oxygens (including phenoxy) is 1.